The number of benzene rings is 1. The minimum absolute atomic E-state index is 0.0119. The van der Waals surface area contributed by atoms with Gasteiger partial charge in [-0.2, -0.15) is 4.39 Å². The van der Waals surface area contributed by atoms with Crippen molar-refractivity contribution in [3.8, 4) is 0 Å². The van der Waals surface area contributed by atoms with Gasteiger partial charge in [-0.3, -0.25) is 10.1 Å². The number of nitrogens with zero attached hydrogens (tertiary/aromatic N) is 1. The maximum Gasteiger partial charge on any atom is 0.305 e. The van der Waals surface area contributed by atoms with E-state index in [1.54, 1.807) is 0 Å². The molecule has 0 fully saturated rings. The van der Waals surface area contributed by atoms with Crippen molar-refractivity contribution in [2.75, 3.05) is 6.54 Å². The fourth-order valence-electron chi connectivity index (χ4n) is 1.40. The Bertz CT molecular complexity index is 433. The van der Waals surface area contributed by atoms with Crippen molar-refractivity contribution in [1.82, 2.24) is 0 Å². The largest absolute Gasteiger partial charge is 0.330 e. The normalized spacial score (nSPS) is 11.6. The van der Waals surface area contributed by atoms with Crippen molar-refractivity contribution in [1.29, 1.82) is 0 Å². The molecule has 0 atom stereocenters. The van der Waals surface area contributed by atoms with Crippen LogP contribution in [0.4, 0.5) is 14.5 Å². The molecular formula is C10H12F2N2O2. The van der Waals surface area contributed by atoms with Gasteiger partial charge in [0, 0.05) is 23.6 Å². The van der Waals surface area contributed by atoms with Crippen molar-refractivity contribution < 1.29 is 13.7 Å². The quantitative estimate of drug-likeness (QED) is 0.638. The van der Waals surface area contributed by atoms with Gasteiger partial charge in [-0.15, -0.1) is 0 Å². The number of nitro benzene ring substituents is 1. The predicted octanol–water partition coefficient (Wildman–Crippen LogP) is 2.11. The molecule has 0 aliphatic carbocycles. The van der Waals surface area contributed by atoms with E-state index in [4.69, 9.17) is 5.73 Å². The Morgan fingerprint density at radius 1 is 1.44 bits per heavy atom. The maximum atomic E-state index is 13.7. The Morgan fingerprint density at radius 3 is 2.44 bits per heavy atom. The van der Waals surface area contributed by atoms with Crippen molar-refractivity contribution >= 4 is 5.69 Å². The second-order valence-corrected chi connectivity index (χ2v) is 4.10. The molecular weight excluding hydrogens is 218 g/mol. The minimum Gasteiger partial charge on any atom is -0.330 e. The molecule has 0 aromatic heterocycles. The molecule has 0 bridgehead atoms. The average molecular weight is 230 g/mol. The van der Waals surface area contributed by atoms with Crippen LogP contribution < -0.4 is 5.73 Å². The van der Waals surface area contributed by atoms with Gasteiger partial charge in [0.2, 0.25) is 5.82 Å². The first-order valence-corrected chi connectivity index (χ1v) is 4.64. The van der Waals surface area contributed by atoms with Crippen LogP contribution in [0, 0.1) is 21.7 Å². The number of hydrogen-bond donors (Lipinski definition) is 1. The van der Waals surface area contributed by atoms with E-state index < -0.39 is 27.7 Å². The van der Waals surface area contributed by atoms with Gasteiger partial charge in [0.05, 0.1) is 4.92 Å². The average Bonchev–Trinajstić information content (AvgIpc) is 2.16. The van der Waals surface area contributed by atoms with Gasteiger partial charge in [0.25, 0.3) is 0 Å². The van der Waals surface area contributed by atoms with Crippen LogP contribution in [0.1, 0.15) is 19.4 Å². The Balaban J connectivity index is 3.49. The molecule has 0 unspecified atom stereocenters. The van der Waals surface area contributed by atoms with Crippen LogP contribution in [0.5, 0.6) is 0 Å². The SMILES string of the molecule is CC(C)(CN)c1c(F)ccc([N+](=O)[O-])c1F. The molecule has 1 aromatic carbocycles. The van der Waals surface area contributed by atoms with Crippen LogP contribution >= 0.6 is 0 Å². The minimum atomic E-state index is -1.15. The van der Waals surface area contributed by atoms with Crippen LogP contribution in [-0.2, 0) is 5.41 Å². The van der Waals surface area contributed by atoms with Crippen molar-refractivity contribution in [2.45, 2.75) is 19.3 Å². The van der Waals surface area contributed by atoms with Gasteiger partial charge < -0.3 is 5.73 Å². The van der Waals surface area contributed by atoms with Crippen molar-refractivity contribution in [3.63, 3.8) is 0 Å². The zero-order valence-electron chi connectivity index (χ0n) is 8.96. The summed E-state index contributed by atoms with van der Waals surface area (Å²) in [6, 6.07) is 1.69. The van der Waals surface area contributed by atoms with Crippen molar-refractivity contribution in [3.05, 3.63) is 39.4 Å². The Labute approximate surface area is 91.2 Å². The lowest BCUT2D eigenvalue weighted by atomic mass is 9.83. The Hall–Kier alpha value is -1.56. The summed E-state index contributed by atoms with van der Waals surface area (Å²) in [7, 11) is 0. The molecule has 0 spiro atoms. The number of hydrogen-bond acceptors (Lipinski definition) is 3. The highest BCUT2D eigenvalue weighted by Gasteiger charge is 2.31. The molecule has 0 saturated carbocycles. The molecule has 2 N–H and O–H groups in total. The van der Waals surface area contributed by atoms with Crippen LogP contribution in [0.3, 0.4) is 0 Å². The van der Waals surface area contributed by atoms with E-state index in [2.05, 4.69) is 0 Å². The summed E-state index contributed by atoms with van der Waals surface area (Å²) in [5, 5.41) is 10.5. The Morgan fingerprint density at radius 2 is 2.00 bits per heavy atom. The third-order valence-electron chi connectivity index (χ3n) is 2.45. The first kappa shape index (κ1) is 12.5. The Kier molecular flexibility index (Phi) is 3.23. The van der Waals surface area contributed by atoms with Crippen molar-refractivity contribution in [2.24, 2.45) is 5.73 Å². The first-order chi connectivity index (χ1) is 7.31. The summed E-state index contributed by atoms with van der Waals surface area (Å²) in [5.41, 5.74) is 3.33. The van der Waals surface area contributed by atoms with E-state index in [1.165, 1.54) is 13.8 Å². The highest BCUT2D eigenvalue weighted by molar-refractivity contribution is 5.41. The number of halogens is 2. The number of rotatable bonds is 3. The van der Waals surface area contributed by atoms with E-state index in [0.717, 1.165) is 12.1 Å². The molecule has 0 aliphatic heterocycles. The lowest BCUT2D eigenvalue weighted by Crippen LogP contribution is -2.30. The van der Waals surface area contributed by atoms with E-state index >= 15 is 0 Å². The van der Waals surface area contributed by atoms with E-state index in [0.29, 0.717) is 0 Å². The summed E-state index contributed by atoms with van der Waals surface area (Å²) >= 11 is 0. The van der Waals surface area contributed by atoms with Gasteiger partial charge in [0.1, 0.15) is 5.82 Å². The van der Waals surface area contributed by atoms with Gasteiger partial charge in [-0.05, 0) is 6.07 Å². The van der Waals surface area contributed by atoms with E-state index in [-0.39, 0.29) is 12.1 Å². The van der Waals surface area contributed by atoms with Gasteiger partial charge >= 0.3 is 5.69 Å². The summed E-state index contributed by atoms with van der Waals surface area (Å²) in [5.74, 6) is -1.97. The molecule has 16 heavy (non-hydrogen) atoms. The third-order valence-corrected chi connectivity index (χ3v) is 2.45. The molecule has 1 aromatic rings. The van der Waals surface area contributed by atoms with Gasteiger partial charge in [-0.1, -0.05) is 13.8 Å². The first-order valence-electron chi connectivity index (χ1n) is 4.64. The molecule has 0 amide bonds. The summed E-state index contributed by atoms with van der Waals surface area (Å²) in [6.45, 7) is 3.04. The molecule has 1 rings (SSSR count). The predicted molar refractivity (Wildman–Crippen MR) is 55.1 cm³/mol. The number of nitrogens with two attached hydrogens (primary N) is 1. The van der Waals surface area contributed by atoms with E-state index in [9.17, 15) is 18.9 Å². The summed E-state index contributed by atoms with van der Waals surface area (Å²) in [6.07, 6.45) is 0. The zero-order chi connectivity index (χ0) is 12.5. The van der Waals surface area contributed by atoms with Gasteiger partial charge in [0.15, 0.2) is 0 Å². The smallest absolute Gasteiger partial charge is 0.305 e. The van der Waals surface area contributed by atoms with Crippen LogP contribution in [0.2, 0.25) is 0 Å². The molecule has 88 valence electrons. The molecule has 6 heteroatoms. The summed E-state index contributed by atoms with van der Waals surface area (Å²) in [4.78, 5) is 9.63. The molecule has 0 saturated heterocycles. The maximum absolute atomic E-state index is 13.7. The summed E-state index contributed by atoms with van der Waals surface area (Å²) < 4.78 is 27.2. The standard InChI is InChI=1S/C10H12F2N2O2/c1-10(2,5-13)8-6(11)3-4-7(9(8)12)14(15)16/h3-4H,5,13H2,1-2H3. The van der Waals surface area contributed by atoms with Crippen LogP contribution in [0.15, 0.2) is 12.1 Å². The van der Waals surface area contributed by atoms with Gasteiger partial charge in [-0.25, -0.2) is 4.39 Å². The fraction of sp³-hybridized carbons (Fsp3) is 0.400. The van der Waals surface area contributed by atoms with Crippen LogP contribution in [0.25, 0.3) is 0 Å². The van der Waals surface area contributed by atoms with E-state index in [1.807, 2.05) is 0 Å². The van der Waals surface area contributed by atoms with Crippen LogP contribution in [-0.4, -0.2) is 11.5 Å². The second kappa shape index (κ2) is 4.13. The molecule has 0 radical (unpaired) electrons. The highest BCUT2D eigenvalue weighted by atomic mass is 19.1. The topological polar surface area (TPSA) is 69.2 Å². The molecule has 0 heterocycles. The zero-order valence-corrected chi connectivity index (χ0v) is 8.96. The second-order valence-electron chi connectivity index (χ2n) is 4.10. The molecule has 4 nitrogen and oxygen atoms in total. The third kappa shape index (κ3) is 2.01. The lowest BCUT2D eigenvalue weighted by molar-refractivity contribution is -0.387. The lowest BCUT2D eigenvalue weighted by Gasteiger charge is -2.23. The molecule has 0 aliphatic rings. The fourth-order valence-corrected chi connectivity index (χ4v) is 1.40. The monoisotopic (exact) mass is 230 g/mol. The number of nitro groups is 1. The highest BCUT2D eigenvalue weighted by Crippen LogP contribution is 2.32.